The van der Waals surface area contributed by atoms with Crippen molar-refractivity contribution in [1.29, 1.82) is 0 Å². The number of carbonyl (C=O) groups is 3. The smallest absolute Gasteiger partial charge is 0.335 e. The zero-order valence-electron chi connectivity index (χ0n) is 21.2. The zero-order valence-corrected chi connectivity index (χ0v) is 22.0. The van der Waals surface area contributed by atoms with Crippen LogP contribution >= 0.6 is 11.6 Å². The number of carboxylic acid groups (broad SMARTS) is 2. The topological polar surface area (TPSA) is 196 Å². The van der Waals surface area contributed by atoms with Gasteiger partial charge in [-0.05, 0) is 54.7 Å². The number of aromatic nitrogens is 1. The number of rotatable bonds is 8. The predicted octanol–water partition coefficient (Wildman–Crippen LogP) is 0.682. The molecule has 212 valence electrons. The van der Waals surface area contributed by atoms with Crippen LogP contribution in [-0.4, -0.2) is 99.8 Å². The normalized spacial score (nSPS) is 24.2. The van der Waals surface area contributed by atoms with Gasteiger partial charge in [0.25, 0.3) is 5.91 Å². The third-order valence-corrected chi connectivity index (χ3v) is 8.05. The van der Waals surface area contributed by atoms with Gasteiger partial charge in [0.15, 0.2) is 12.2 Å². The third-order valence-electron chi connectivity index (χ3n) is 7.73. The first-order valence-corrected chi connectivity index (χ1v) is 13.2. The van der Waals surface area contributed by atoms with Gasteiger partial charge in [0.2, 0.25) is 0 Å². The van der Waals surface area contributed by atoms with E-state index in [4.69, 9.17) is 42.5 Å². The second-order valence-electron chi connectivity index (χ2n) is 10.3. The maximum absolute atomic E-state index is 12.8. The van der Waals surface area contributed by atoms with Gasteiger partial charge in [-0.1, -0.05) is 11.6 Å². The largest absolute Gasteiger partial charge is 0.479 e. The molecule has 39 heavy (non-hydrogen) atoms. The van der Waals surface area contributed by atoms with E-state index in [9.17, 15) is 14.4 Å². The average Bonchev–Trinajstić information content (AvgIpc) is 3.39. The first-order valence-electron chi connectivity index (χ1n) is 12.8. The number of aliphatic hydroxyl groups is 2. The molecule has 4 unspecified atom stereocenters. The summed E-state index contributed by atoms with van der Waals surface area (Å²) >= 11 is 6.24. The van der Waals surface area contributed by atoms with Gasteiger partial charge in [0.1, 0.15) is 0 Å². The van der Waals surface area contributed by atoms with E-state index < -0.39 is 24.1 Å². The Labute approximate surface area is 229 Å². The van der Waals surface area contributed by atoms with Gasteiger partial charge in [0.05, 0.1) is 21.8 Å². The molecule has 3 aliphatic rings. The number of pyridine rings is 1. The molecular formula is C26H33ClN4O8. The summed E-state index contributed by atoms with van der Waals surface area (Å²) in [5.41, 5.74) is 7.61. The number of hydrogen-bond acceptors (Lipinski definition) is 9. The van der Waals surface area contributed by atoms with E-state index in [1.807, 2.05) is 6.07 Å². The standard InChI is InChI=1S/C22H27ClN4O2.C4H6O6/c23-19-8-15(21-14(20(19)24)2-1-5-25-21)22(28)26-9-16-17-11-27(12-18(16)17)10-13-3-6-29-7-4-13;5-1(3(7)8)2(6)4(9)10/h1-2,5,8,13,16-18H,3-4,6-7,9-12,24H2,(H,26,28);1-2,5-6H,(H,7,8)(H,9,10). The monoisotopic (exact) mass is 564 g/mol. The minimum Gasteiger partial charge on any atom is -0.479 e. The molecule has 1 aliphatic carbocycles. The van der Waals surface area contributed by atoms with Crippen LogP contribution in [0.15, 0.2) is 24.4 Å². The minimum atomic E-state index is -2.27. The van der Waals surface area contributed by atoms with E-state index in [-0.39, 0.29) is 5.91 Å². The number of aliphatic carboxylic acids is 2. The number of carbonyl (C=O) groups excluding carboxylic acids is 1. The van der Waals surface area contributed by atoms with E-state index in [1.54, 1.807) is 18.3 Å². The van der Waals surface area contributed by atoms with Gasteiger partial charge in [-0.15, -0.1) is 0 Å². The molecule has 3 heterocycles. The van der Waals surface area contributed by atoms with E-state index >= 15 is 0 Å². The van der Waals surface area contributed by atoms with E-state index in [2.05, 4.69) is 15.2 Å². The highest BCUT2D eigenvalue weighted by molar-refractivity contribution is 6.35. The van der Waals surface area contributed by atoms with E-state index in [0.29, 0.717) is 27.7 Å². The molecule has 2 saturated heterocycles. The zero-order chi connectivity index (χ0) is 28.3. The number of likely N-dealkylation sites (tertiary alicyclic amines) is 1. The van der Waals surface area contributed by atoms with Gasteiger partial charge >= 0.3 is 11.9 Å². The Morgan fingerprint density at radius 2 is 1.74 bits per heavy atom. The Bertz CT molecular complexity index is 1190. The summed E-state index contributed by atoms with van der Waals surface area (Å²) in [4.78, 5) is 39.3. The first-order chi connectivity index (χ1) is 18.6. The molecule has 3 fully saturated rings. The van der Waals surface area contributed by atoms with Crippen molar-refractivity contribution in [1.82, 2.24) is 15.2 Å². The van der Waals surface area contributed by atoms with Crippen LogP contribution in [0.2, 0.25) is 5.02 Å². The van der Waals surface area contributed by atoms with Crippen molar-refractivity contribution < 1.29 is 39.5 Å². The highest BCUT2D eigenvalue weighted by atomic mass is 35.5. The van der Waals surface area contributed by atoms with Crippen LogP contribution in [0, 0.1) is 23.7 Å². The fraction of sp³-hybridized carbons (Fsp3) is 0.538. The first kappa shape index (κ1) is 29.0. The molecule has 7 N–H and O–H groups in total. The van der Waals surface area contributed by atoms with Crippen LogP contribution in [0.5, 0.6) is 0 Å². The van der Waals surface area contributed by atoms with Crippen LogP contribution in [0.4, 0.5) is 5.69 Å². The Hall–Kier alpha value is -3.03. The molecule has 0 bridgehead atoms. The number of carboxylic acids is 2. The summed E-state index contributed by atoms with van der Waals surface area (Å²) < 4.78 is 5.46. The van der Waals surface area contributed by atoms with Crippen molar-refractivity contribution in [2.45, 2.75) is 25.0 Å². The second kappa shape index (κ2) is 12.4. The molecule has 13 heteroatoms. The molecule has 5 rings (SSSR count). The molecule has 1 aromatic carbocycles. The van der Waals surface area contributed by atoms with Crippen molar-refractivity contribution in [3.63, 3.8) is 0 Å². The van der Waals surface area contributed by atoms with Gasteiger partial charge in [-0.2, -0.15) is 0 Å². The summed E-state index contributed by atoms with van der Waals surface area (Å²) in [7, 11) is 0. The summed E-state index contributed by atoms with van der Waals surface area (Å²) in [5, 5.41) is 36.7. The molecule has 12 nitrogen and oxygen atoms in total. The lowest BCUT2D eigenvalue weighted by Gasteiger charge is -2.28. The lowest BCUT2D eigenvalue weighted by molar-refractivity contribution is -0.165. The number of halogens is 1. The summed E-state index contributed by atoms with van der Waals surface area (Å²) in [6.45, 7) is 6.09. The summed E-state index contributed by atoms with van der Waals surface area (Å²) in [6.07, 6.45) is -0.477. The van der Waals surface area contributed by atoms with Crippen molar-refractivity contribution in [2.75, 3.05) is 45.1 Å². The number of nitrogen functional groups attached to an aromatic ring is 1. The number of nitrogens with two attached hydrogens (primary N) is 1. The van der Waals surface area contributed by atoms with E-state index in [0.717, 1.165) is 42.9 Å². The number of benzene rings is 1. The number of amides is 1. The Balaban J connectivity index is 0.000000303. The van der Waals surface area contributed by atoms with Crippen molar-refractivity contribution in [3.8, 4) is 0 Å². The molecule has 2 aromatic rings. The molecule has 1 aromatic heterocycles. The van der Waals surface area contributed by atoms with Gasteiger partial charge in [-0.25, -0.2) is 9.59 Å². The number of hydrogen-bond donors (Lipinski definition) is 6. The Morgan fingerprint density at radius 3 is 2.33 bits per heavy atom. The third kappa shape index (κ3) is 6.76. The quantitative estimate of drug-likeness (QED) is 0.247. The second-order valence-corrected chi connectivity index (χ2v) is 10.7. The van der Waals surface area contributed by atoms with E-state index in [1.165, 1.54) is 32.5 Å². The molecule has 0 radical (unpaired) electrons. The molecular weight excluding hydrogens is 532 g/mol. The number of anilines is 1. The maximum Gasteiger partial charge on any atom is 0.335 e. The molecule has 1 saturated carbocycles. The van der Waals surface area contributed by atoms with Crippen molar-refractivity contribution >= 4 is 46.0 Å². The lowest BCUT2D eigenvalue weighted by Crippen LogP contribution is -2.39. The SMILES string of the molecule is Nc1c(Cl)cc(C(=O)NCC2C3CN(CC4CCOCC4)CC23)c2ncccc12.O=C(O)C(O)C(O)C(=O)O. The number of fused-ring (bicyclic) bond motifs is 2. The van der Waals surface area contributed by atoms with Crippen molar-refractivity contribution in [3.05, 3.63) is 35.0 Å². The van der Waals surface area contributed by atoms with Crippen LogP contribution < -0.4 is 11.1 Å². The summed E-state index contributed by atoms with van der Waals surface area (Å²) in [6, 6.07) is 5.28. The van der Waals surface area contributed by atoms with Crippen LogP contribution in [0.25, 0.3) is 10.9 Å². The highest BCUT2D eigenvalue weighted by Gasteiger charge is 2.55. The molecule has 0 spiro atoms. The average molecular weight is 565 g/mol. The van der Waals surface area contributed by atoms with Gasteiger partial charge in [-0.3, -0.25) is 9.78 Å². The van der Waals surface area contributed by atoms with Crippen LogP contribution in [0.3, 0.4) is 0 Å². The molecule has 1 amide bonds. The van der Waals surface area contributed by atoms with Crippen LogP contribution in [-0.2, 0) is 14.3 Å². The number of ether oxygens (including phenoxy) is 1. The number of piperidine rings is 1. The number of aliphatic hydroxyl groups excluding tert-OH is 2. The fourth-order valence-electron chi connectivity index (χ4n) is 5.47. The maximum atomic E-state index is 12.8. The number of nitrogens with zero attached hydrogens (tertiary/aromatic N) is 2. The minimum absolute atomic E-state index is 0.125. The summed E-state index contributed by atoms with van der Waals surface area (Å²) in [5.74, 6) is -0.840. The predicted molar refractivity (Wildman–Crippen MR) is 141 cm³/mol. The fourth-order valence-corrected chi connectivity index (χ4v) is 5.68. The highest BCUT2D eigenvalue weighted by Crippen LogP contribution is 2.51. The van der Waals surface area contributed by atoms with Gasteiger partial charge in [0, 0.05) is 51.0 Å². The molecule has 4 atom stereocenters. The van der Waals surface area contributed by atoms with Crippen molar-refractivity contribution in [2.24, 2.45) is 23.7 Å². The Morgan fingerprint density at radius 1 is 1.13 bits per heavy atom. The number of nitrogens with one attached hydrogen (secondary N) is 1. The van der Waals surface area contributed by atoms with Gasteiger partial charge < -0.3 is 41.1 Å². The Kier molecular flexibility index (Phi) is 9.23. The molecule has 2 aliphatic heterocycles. The lowest BCUT2D eigenvalue weighted by atomic mass is 9.99. The van der Waals surface area contributed by atoms with Crippen LogP contribution in [0.1, 0.15) is 23.2 Å².